The molecule has 0 bridgehead atoms. The van der Waals surface area contributed by atoms with Gasteiger partial charge in [-0.25, -0.2) is 8.42 Å². The molecular weight excluding hydrogens is 694 g/mol. The van der Waals surface area contributed by atoms with E-state index in [1.165, 1.54) is 17.0 Å². The summed E-state index contributed by atoms with van der Waals surface area (Å²) in [6.07, 6.45) is 0.923. The largest absolute Gasteiger partial charge is 0.497 e. The van der Waals surface area contributed by atoms with E-state index in [1.54, 1.807) is 55.6 Å². The number of carbonyl (C=O) groups excluding carboxylic acids is 2. The van der Waals surface area contributed by atoms with Crippen molar-refractivity contribution in [2.24, 2.45) is 0 Å². The van der Waals surface area contributed by atoms with Crippen LogP contribution in [0.5, 0.6) is 11.5 Å². The minimum atomic E-state index is -4.23. The highest BCUT2D eigenvalue weighted by Gasteiger charge is 2.35. The number of carbonyl (C=O) groups is 2. The molecule has 0 saturated carbocycles. The number of ether oxygens (including phenoxy) is 2. The molecule has 0 fully saturated rings. The van der Waals surface area contributed by atoms with Crippen LogP contribution in [0.25, 0.3) is 0 Å². The van der Waals surface area contributed by atoms with Crippen LogP contribution in [0.4, 0.5) is 5.69 Å². The third-order valence-corrected chi connectivity index (χ3v) is 10.2. The van der Waals surface area contributed by atoms with Crippen LogP contribution in [0.3, 0.4) is 0 Å². The van der Waals surface area contributed by atoms with Crippen molar-refractivity contribution in [2.75, 3.05) is 24.6 Å². The number of nitrogens with one attached hydrogen (secondary N) is 1. The number of amides is 2. The van der Waals surface area contributed by atoms with Crippen LogP contribution in [0, 0.1) is 0 Å². The molecule has 2 amide bonds. The van der Waals surface area contributed by atoms with Crippen molar-refractivity contribution in [2.45, 2.75) is 57.1 Å². The lowest BCUT2D eigenvalue weighted by Crippen LogP contribution is -2.54. The second-order valence-corrected chi connectivity index (χ2v) is 14.1. The van der Waals surface area contributed by atoms with Gasteiger partial charge in [-0.2, -0.15) is 0 Å². The zero-order valence-electron chi connectivity index (χ0n) is 27.6. The summed E-state index contributed by atoms with van der Waals surface area (Å²) in [5, 5.41) is 3.05. The maximum absolute atomic E-state index is 14.7. The van der Waals surface area contributed by atoms with E-state index >= 15 is 0 Å². The average molecular weight is 737 g/mol. The van der Waals surface area contributed by atoms with Crippen molar-refractivity contribution >= 4 is 43.5 Å². The molecule has 254 valence electrons. The van der Waals surface area contributed by atoms with Crippen LogP contribution in [-0.4, -0.2) is 57.5 Å². The number of benzene rings is 4. The average Bonchev–Trinajstić information content (AvgIpc) is 3.09. The molecule has 4 aromatic rings. The van der Waals surface area contributed by atoms with Crippen molar-refractivity contribution < 1.29 is 27.5 Å². The summed E-state index contributed by atoms with van der Waals surface area (Å²) in [7, 11) is -2.68. The van der Waals surface area contributed by atoms with Gasteiger partial charge in [-0.1, -0.05) is 65.3 Å². The van der Waals surface area contributed by atoms with Gasteiger partial charge in [0, 0.05) is 23.5 Å². The standard InChI is InChI=1S/C37H42BrN3O6S/c1-5-27(3)39-37(43)35(24-28-11-8-7-9-12-28)40(25-29-13-10-14-33(23-29)46-4)36(42)26-41(31-17-19-32(20-18-31)47-6-2)48(44,45)34-21-15-30(38)16-22-34/h7-23,27,35H,5-6,24-26H2,1-4H3,(H,39,43)/t27-,35-/m0/s1. The lowest BCUT2D eigenvalue weighted by atomic mass is 10.0. The van der Waals surface area contributed by atoms with Gasteiger partial charge in [0.25, 0.3) is 10.0 Å². The van der Waals surface area contributed by atoms with Crippen molar-refractivity contribution in [3.63, 3.8) is 0 Å². The quantitative estimate of drug-likeness (QED) is 0.139. The Morgan fingerprint density at radius 3 is 2.15 bits per heavy atom. The van der Waals surface area contributed by atoms with Gasteiger partial charge in [0.2, 0.25) is 11.8 Å². The summed E-state index contributed by atoms with van der Waals surface area (Å²) in [5.74, 6) is 0.288. The van der Waals surface area contributed by atoms with Gasteiger partial charge in [0.05, 0.1) is 24.3 Å². The van der Waals surface area contributed by atoms with Crippen LogP contribution in [0.1, 0.15) is 38.3 Å². The Morgan fingerprint density at radius 1 is 0.854 bits per heavy atom. The van der Waals surface area contributed by atoms with Crippen molar-refractivity contribution in [1.82, 2.24) is 10.2 Å². The van der Waals surface area contributed by atoms with Gasteiger partial charge in [0.15, 0.2) is 0 Å². The maximum Gasteiger partial charge on any atom is 0.264 e. The van der Waals surface area contributed by atoms with Gasteiger partial charge < -0.3 is 19.7 Å². The molecule has 1 N–H and O–H groups in total. The number of hydrogen-bond donors (Lipinski definition) is 1. The minimum absolute atomic E-state index is 0.0158. The number of anilines is 1. The van der Waals surface area contributed by atoms with Gasteiger partial charge >= 0.3 is 0 Å². The molecule has 4 rings (SSSR count). The smallest absolute Gasteiger partial charge is 0.264 e. The van der Waals surface area contributed by atoms with Crippen LogP contribution in [0.2, 0.25) is 0 Å². The summed E-state index contributed by atoms with van der Waals surface area (Å²) in [6, 6.07) is 28.4. The summed E-state index contributed by atoms with van der Waals surface area (Å²) < 4.78 is 41.3. The van der Waals surface area contributed by atoms with Gasteiger partial charge in [0.1, 0.15) is 24.1 Å². The Balaban J connectivity index is 1.82. The van der Waals surface area contributed by atoms with E-state index in [2.05, 4.69) is 21.2 Å². The molecule has 4 aromatic carbocycles. The molecule has 0 aromatic heterocycles. The number of nitrogens with zero attached hydrogens (tertiary/aromatic N) is 2. The van der Waals surface area contributed by atoms with E-state index in [4.69, 9.17) is 9.47 Å². The normalized spacial score (nSPS) is 12.4. The first-order chi connectivity index (χ1) is 23.0. The van der Waals surface area contributed by atoms with Gasteiger partial charge in [-0.3, -0.25) is 13.9 Å². The van der Waals surface area contributed by atoms with Crippen molar-refractivity contribution in [3.05, 3.63) is 119 Å². The first-order valence-corrected chi connectivity index (χ1v) is 18.1. The summed E-state index contributed by atoms with van der Waals surface area (Å²) in [4.78, 5) is 30.1. The second kappa shape index (κ2) is 17.2. The van der Waals surface area contributed by atoms with Crippen LogP contribution in [-0.2, 0) is 32.6 Å². The molecule has 0 saturated heterocycles. The highest BCUT2D eigenvalue weighted by Crippen LogP contribution is 2.28. The molecule has 0 spiro atoms. The zero-order valence-corrected chi connectivity index (χ0v) is 30.0. The number of rotatable bonds is 16. The van der Waals surface area contributed by atoms with Crippen LogP contribution < -0.4 is 19.1 Å². The predicted octanol–water partition coefficient (Wildman–Crippen LogP) is 6.61. The number of methoxy groups -OCH3 is 1. The van der Waals surface area contributed by atoms with E-state index in [0.717, 1.165) is 15.4 Å². The highest BCUT2D eigenvalue weighted by atomic mass is 79.9. The Hall–Kier alpha value is -4.35. The molecule has 0 unspecified atom stereocenters. The monoisotopic (exact) mass is 735 g/mol. The van der Waals surface area contributed by atoms with E-state index in [-0.39, 0.29) is 35.5 Å². The fourth-order valence-corrected chi connectivity index (χ4v) is 6.78. The van der Waals surface area contributed by atoms with E-state index in [1.807, 2.05) is 63.2 Å². The maximum atomic E-state index is 14.7. The Morgan fingerprint density at radius 2 is 1.52 bits per heavy atom. The summed E-state index contributed by atoms with van der Waals surface area (Å²) in [6.45, 7) is 5.66. The van der Waals surface area contributed by atoms with Gasteiger partial charge in [-0.15, -0.1) is 0 Å². The SMILES string of the molecule is CCOc1ccc(N(CC(=O)N(Cc2cccc(OC)c2)[C@@H](Cc2ccccc2)C(=O)N[C@@H](C)CC)S(=O)(=O)c2ccc(Br)cc2)cc1. The Kier molecular flexibility index (Phi) is 13.0. The number of hydrogen-bond acceptors (Lipinski definition) is 6. The van der Waals surface area contributed by atoms with E-state index in [0.29, 0.717) is 29.0 Å². The molecular formula is C37H42BrN3O6S. The van der Waals surface area contributed by atoms with Crippen LogP contribution >= 0.6 is 15.9 Å². The lowest BCUT2D eigenvalue weighted by molar-refractivity contribution is -0.140. The lowest BCUT2D eigenvalue weighted by Gasteiger charge is -2.34. The number of sulfonamides is 1. The first-order valence-electron chi connectivity index (χ1n) is 15.8. The molecule has 0 aliphatic heterocycles. The van der Waals surface area contributed by atoms with Crippen molar-refractivity contribution in [3.8, 4) is 11.5 Å². The third-order valence-electron chi connectivity index (χ3n) is 7.88. The fourth-order valence-electron chi connectivity index (χ4n) is 5.10. The molecule has 0 radical (unpaired) electrons. The predicted molar refractivity (Wildman–Crippen MR) is 192 cm³/mol. The molecule has 0 heterocycles. The third kappa shape index (κ3) is 9.60. The fraction of sp³-hybridized carbons (Fsp3) is 0.297. The van der Waals surface area contributed by atoms with Crippen LogP contribution in [0.15, 0.2) is 112 Å². The molecule has 48 heavy (non-hydrogen) atoms. The summed E-state index contributed by atoms with van der Waals surface area (Å²) >= 11 is 3.37. The molecule has 2 atom stereocenters. The molecule has 9 nitrogen and oxygen atoms in total. The van der Waals surface area contributed by atoms with Gasteiger partial charge in [-0.05, 0) is 92.1 Å². The van der Waals surface area contributed by atoms with E-state index in [9.17, 15) is 18.0 Å². The highest BCUT2D eigenvalue weighted by molar-refractivity contribution is 9.10. The van der Waals surface area contributed by atoms with Crippen molar-refractivity contribution in [1.29, 1.82) is 0 Å². The Bertz CT molecular complexity index is 1750. The number of halogens is 1. The molecule has 0 aliphatic rings. The summed E-state index contributed by atoms with van der Waals surface area (Å²) in [5.41, 5.74) is 1.86. The zero-order chi connectivity index (χ0) is 34.7. The Labute approximate surface area is 292 Å². The molecule has 0 aliphatic carbocycles. The second-order valence-electron chi connectivity index (χ2n) is 11.3. The first kappa shape index (κ1) is 36.5. The van der Waals surface area contributed by atoms with E-state index < -0.39 is 28.5 Å². The topological polar surface area (TPSA) is 105 Å². The minimum Gasteiger partial charge on any atom is -0.497 e. The molecule has 11 heteroatoms.